The molecule has 0 N–H and O–H groups in total. The molecule has 0 unspecified atom stereocenters. The number of benzene rings is 1. The number of carbonyl (C=O) groups is 2. The Bertz CT molecular complexity index is 1180. The van der Waals surface area contributed by atoms with E-state index in [0.717, 1.165) is 40.8 Å². The summed E-state index contributed by atoms with van der Waals surface area (Å²) in [5, 5.41) is 0. The molecule has 2 heterocycles. The highest BCUT2D eigenvalue weighted by atomic mass is 16.5. The van der Waals surface area contributed by atoms with E-state index in [1.807, 2.05) is 47.9 Å². The van der Waals surface area contributed by atoms with E-state index in [4.69, 9.17) is 9.72 Å². The number of allylic oxidation sites excluding steroid dienone is 4. The molecule has 5 heteroatoms. The Labute approximate surface area is 183 Å². The van der Waals surface area contributed by atoms with Gasteiger partial charge in [0.1, 0.15) is 11.9 Å². The standard InChI is InChI=1S/C26H28N2O3/c1-6-23-25(27-24-15-19(26(30)31-5)13-14-28(23)24)22-10-8-7-9-21(22)20(18(4)16-29)12-11-17(2)3/h7-17H,6H2,1-5H3/b12-11?,20-18+. The number of aromatic nitrogens is 2. The molecule has 3 rings (SSSR count). The molecular weight excluding hydrogens is 388 g/mol. The fraction of sp³-hybridized carbons (Fsp3) is 0.269. The topological polar surface area (TPSA) is 60.7 Å². The number of methoxy groups -OCH3 is 1. The van der Waals surface area contributed by atoms with Crippen molar-refractivity contribution in [3.05, 3.63) is 77.1 Å². The smallest absolute Gasteiger partial charge is 0.338 e. The highest BCUT2D eigenvalue weighted by Crippen LogP contribution is 2.34. The lowest BCUT2D eigenvalue weighted by Crippen LogP contribution is -2.02. The number of pyridine rings is 1. The van der Waals surface area contributed by atoms with Crippen molar-refractivity contribution >= 4 is 23.5 Å². The molecule has 31 heavy (non-hydrogen) atoms. The van der Waals surface area contributed by atoms with E-state index in [1.165, 1.54) is 7.11 Å². The van der Waals surface area contributed by atoms with Crippen LogP contribution in [0.2, 0.25) is 0 Å². The van der Waals surface area contributed by atoms with Gasteiger partial charge in [-0.2, -0.15) is 0 Å². The molecule has 1 aromatic carbocycles. The Morgan fingerprint density at radius 1 is 1.23 bits per heavy atom. The van der Waals surface area contributed by atoms with Gasteiger partial charge in [-0.3, -0.25) is 4.79 Å². The number of imidazole rings is 1. The SMILES string of the molecule is CCc1c(-c2ccccc2/C(C=CC(C)C)=C(\C)C=O)nc2cc(C(=O)OC)ccn12. The van der Waals surface area contributed by atoms with Crippen molar-refractivity contribution in [1.82, 2.24) is 9.38 Å². The number of ether oxygens (including phenoxy) is 1. The molecule has 0 fully saturated rings. The van der Waals surface area contributed by atoms with Crippen molar-refractivity contribution in [2.24, 2.45) is 5.92 Å². The lowest BCUT2D eigenvalue weighted by atomic mass is 9.92. The van der Waals surface area contributed by atoms with Crippen LogP contribution in [0.4, 0.5) is 0 Å². The molecule has 2 aromatic heterocycles. The van der Waals surface area contributed by atoms with E-state index in [2.05, 4.69) is 26.8 Å². The molecular formula is C26H28N2O3. The van der Waals surface area contributed by atoms with Gasteiger partial charge in [-0.1, -0.05) is 57.2 Å². The van der Waals surface area contributed by atoms with Crippen molar-refractivity contribution in [1.29, 1.82) is 0 Å². The number of fused-ring (bicyclic) bond motifs is 1. The van der Waals surface area contributed by atoms with Crippen LogP contribution in [-0.4, -0.2) is 28.7 Å². The number of esters is 1. The number of aldehydes is 1. The van der Waals surface area contributed by atoms with Gasteiger partial charge in [0, 0.05) is 11.8 Å². The molecule has 0 radical (unpaired) electrons. The van der Waals surface area contributed by atoms with E-state index in [0.29, 0.717) is 22.7 Å². The number of hydrogen-bond donors (Lipinski definition) is 0. The summed E-state index contributed by atoms with van der Waals surface area (Å²) >= 11 is 0. The van der Waals surface area contributed by atoms with E-state index >= 15 is 0 Å². The van der Waals surface area contributed by atoms with Crippen LogP contribution in [0.1, 0.15) is 49.3 Å². The first-order chi connectivity index (χ1) is 14.9. The summed E-state index contributed by atoms with van der Waals surface area (Å²) in [6, 6.07) is 11.5. The molecule has 0 bridgehead atoms. The Morgan fingerprint density at radius 2 is 1.97 bits per heavy atom. The predicted molar refractivity (Wildman–Crippen MR) is 124 cm³/mol. The first-order valence-electron chi connectivity index (χ1n) is 10.4. The maximum Gasteiger partial charge on any atom is 0.338 e. The Hall–Kier alpha value is -3.47. The van der Waals surface area contributed by atoms with Crippen LogP contribution in [0.25, 0.3) is 22.5 Å². The number of rotatable bonds is 7. The maximum atomic E-state index is 12.0. The minimum Gasteiger partial charge on any atom is -0.465 e. The first kappa shape index (κ1) is 22.2. The van der Waals surface area contributed by atoms with Gasteiger partial charge in [-0.25, -0.2) is 9.78 Å². The zero-order valence-electron chi connectivity index (χ0n) is 18.7. The van der Waals surface area contributed by atoms with E-state index in [1.54, 1.807) is 12.1 Å². The van der Waals surface area contributed by atoms with Crippen LogP contribution >= 0.6 is 0 Å². The van der Waals surface area contributed by atoms with Crippen LogP contribution in [0.3, 0.4) is 0 Å². The van der Waals surface area contributed by atoms with Gasteiger partial charge in [-0.15, -0.1) is 0 Å². The molecule has 160 valence electrons. The monoisotopic (exact) mass is 416 g/mol. The minimum absolute atomic E-state index is 0.361. The van der Waals surface area contributed by atoms with Crippen molar-refractivity contribution in [2.75, 3.05) is 7.11 Å². The minimum atomic E-state index is -0.392. The summed E-state index contributed by atoms with van der Waals surface area (Å²) in [6.07, 6.45) is 7.61. The zero-order valence-corrected chi connectivity index (χ0v) is 18.7. The van der Waals surface area contributed by atoms with Gasteiger partial charge in [0.2, 0.25) is 0 Å². The van der Waals surface area contributed by atoms with Crippen LogP contribution in [0, 0.1) is 5.92 Å². The number of aryl methyl sites for hydroxylation is 1. The van der Waals surface area contributed by atoms with Crippen molar-refractivity contribution in [2.45, 2.75) is 34.1 Å². The third-order valence-electron chi connectivity index (χ3n) is 5.20. The molecule has 0 aliphatic rings. The van der Waals surface area contributed by atoms with Gasteiger partial charge >= 0.3 is 5.97 Å². The van der Waals surface area contributed by atoms with Gasteiger partial charge < -0.3 is 9.14 Å². The van der Waals surface area contributed by atoms with Gasteiger partial charge in [0.05, 0.1) is 24.1 Å². The van der Waals surface area contributed by atoms with Gasteiger partial charge in [0.25, 0.3) is 0 Å². The van der Waals surface area contributed by atoms with Gasteiger partial charge in [-0.05, 0) is 48.1 Å². The third kappa shape index (κ3) is 4.50. The molecule has 0 spiro atoms. The summed E-state index contributed by atoms with van der Waals surface area (Å²) < 4.78 is 6.84. The van der Waals surface area contributed by atoms with Crippen molar-refractivity contribution in [3.8, 4) is 11.3 Å². The molecule has 0 aliphatic heterocycles. The van der Waals surface area contributed by atoms with E-state index in [9.17, 15) is 9.59 Å². The second kappa shape index (κ2) is 9.56. The zero-order chi connectivity index (χ0) is 22.5. The van der Waals surface area contributed by atoms with Crippen LogP contribution in [0.15, 0.2) is 60.3 Å². The normalized spacial score (nSPS) is 12.5. The maximum absolute atomic E-state index is 12.0. The number of hydrogen-bond acceptors (Lipinski definition) is 4. The fourth-order valence-electron chi connectivity index (χ4n) is 3.60. The summed E-state index contributed by atoms with van der Waals surface area (Å²) in [7, 11) is 1.37. The average molecular weight is 417 g/mol. The Balaban J connectivity index is 2.26. The largest absolute Gasteiger partial charge is 0.465 e. The predicted octanol–water partition coefficient (Wildman–Crippen LogP) is 5.53. The Kier molecular flexibility index (Phi) is 6.85. The summed E-state index contributed by atoms with van der Waals surface area (Å²) in [5.41, 5.74) is 6.47. The highest BCUT2D eigenvalue weighted by Gasteiger charge is 2.18. The van der Waals surface area contributed by atoms with Crippen LogP contribution in [0.5, 0.6) is 0 Å². The molecule has 0 saturated carbocycles. The molecule has 0 amide bonds. The molecule has 0 saturated heterocycles. The summed E-state index contributed by atoms with van der Waals surface area (Å²) in [4.78, 5) is 28.5. The number of carbonyl (C=O) groups excluding carboxylic acids is 2. The first-order valence-corrected chi connectivity index (χ1v) is 10.4. The third-order valence-corrected chi connectivity index (χ3v) is 5.20. The molecule has 5 nitrogen and oxygen atoms in total. The molecule has 3 aromatic rings. The summed E-state index contributed by atoms with van der Waals surface area (Å²) in [6.45, 7) is 8.12. The quantitative estimate of drug-likeness (QED) is 0.220. The lowest BCUT2D eigenvalue weighted by Gasteiger charge is -2.12. The van der Waals surface area contributed by atoms with E-state index < -0.39 is 5.97 Å². The van der Waals surface area contributed by atoms with Gasteiger partial charge in [0.15, 0.2) is 0 Å². The molecule has 0 aliphatic carbocycles. The average Bonchev–Trinajstić information content (AvgIpc) is 3.16. The highest BCUT2D eigenvalue weighted by molar-refractivity contribution is 5.96. The second-order valence-electron chi connectivity index (χ2n) is 7.76. The number of nitrogens with zero attached hydrogens (tertiary/aromatic N) is 2. The molecule has 0 atom stereocenters. The summed E-state index contributed by atoms with van der Waals surface area (Å²) in [5.74, 6) is -0.0316. The lowest BCUT2D eigenvalue weighted by molar-refractivity contribution is -0.104. The second-order valence-corrected chi connectivity index (χ2v) is 7.76. The fourth-order valence-corrected chi connectivity index (χ4v) is 3.60. The van der Waals surface area contributed by atoms with Crippen molar-refractivity contribution < 1.29 is 14.3 Å². The van der Waals surface area contributed by atoms with Crippen LogP contribution < -0.4 is 0 Å². The van der Waals surface area contributed by atoms with Crippen molar-refractivity contribution in [3.63, 3.8) is 0 Å². The Morgan fingerprint density at radius 3 is 2.61 bits per heavy atom. The van der Waals surface area contributed by atoms with E-state index in [-0.39, 0.29) is 0 Å². The van der Waals surface area contributed by atoms with Crippen LogP contribution in [-0.2, 0) is 16.0 Å².